The Kier molecular flexibility index (Phi) is 5.29. The summed E-state index contributed by atoms with van der Waals surface area (Å²) in [7, 11) is 0. The first kappa shape index (κ1) is 18.0. The number of thiol groups is 1. The number of rotatable bonds is 6. The molecule has 1 atom stereocenters. The highest BCUT2D eigenvalue weighted by atomic mass is 32.1. The number of nitrogen functional groups attached to an aromatic ring is 2. The lowest BCUT2D eigenvalue weighted by molar-refractivity contribution is 0.269. The Balaban J connectivity index is 1.83. The summed E-state index contributed by atoms with van der Waals surface area (Å²) >= 11 is 4.36. The van der Waals surface area contributed by atoms with Crippen LogP contribution in [0.5, 0.6) is 0 Å². The summed E-state index contributed by atoms with van der Waals surface area (Å²) in [5.74, 6) is 0.798. The van der Waals surface area contributed by atoms with Gasteiger partial charge in [0.25, 0.3) is 0 Å². The van der Waals surface area contributed by atoms with Crippen LogP contribution in [-0.4, -0.2) is 31.5 Å². The van der Waals surface area contributed by atoms with E-state index in [1.807, 2.05) is 25.1 Å². The van der Waals surface area contributed by atoms with Crippen LogP contribution < -0.4 is 16.8 Å². The smallest absolute Gasteiger partial charge is 0.170 e. The van der Waals surface area contributed by atoms with Crippen LogP contribution >= 0.6 is 12.6 Å². The standard InChI is InChI=1S/C17H21N7OS/c1-10(11-2-3-13(18)15(26)6-11)22-17-16(19)20-8-14(23-17)12-7-21-24(9-12)4-5-25/h2-3,6-10,25-26H,4-5,18H2,1H3,(H2,19,20)(H,22,23). The first-order valence-corrected chi connectivity index (χ1v) is 8.53. The summed E-state index contributed by atoms with van der Waals surface area (Å²) in [5.41, 5.74) is 14.9. The zero-order valence-corrected chi connectivity index (χ0v) is 15.2. The van der Waals surface area contributed by atoms with Crippen molar-refractivity contribution in [1.82, 2.24) is 19.7 Å². The van der Waals surface area contributed by atoms with Gasteiger partial charge < -0.3 is 21.9 Å². The second kappa shape index (κ2) is 7.63. The van der Waals surface area contributed by atoms with Crippen molar-refractivity contribution in [1.29, 1.82) is 0 Å². The molecule has 3 rings (SSSR count). The maximum Gasteiger partial charge on any atom is 0.170 e. The number of nitrogens with one attached hydrogen (secondary N) is 1. The summed E-state index contributed by atoms with van der Waals surface area (Å²) < 4.78 is 1.64. The van der Waals surface area contributed by atoms with E-state index in [0.29, 0.717) is 29.6 Å². The van der Waals surface area contributed by atoms with E-state index in [4.69, 9.17) is 16.6 Å². The van der Waals surface area contributed by atoms with Gasteiger partial charge in [0.1, 0.15) is 0 Å². The Labute approximate surface area is 156 Å². The molecule has 0 saturated carbocycles. The number of hydrogen-bond donors (Lipinski definition) is 5. The van der Waals surface area contributed by atoms with E-state index in [1.54, 1.807) is 23.3 Å². The van der Waals surface area contributed by atoms with Crippen LogP contribution in [0, 0.1) is 0 Å². The maximum absolute atomic E-state index is 9.00. The average molecular weight is 371 g/mol. The lowest BCUT2D eigenvalue weighted by atomic mass is 10.1. The number of aromatic nitrogens is 4. The molecule has 1 unspecified atom stereocenters. The summed E-state index contributed by atoms with van der Waals surface area (Å²) in [5, 5.41) is 16.4. The second-order valence-corrected chi connectivity index (χ2v) is 6.37. The van der Waals surface area contributed by atoms with Crippen LogP contribution in [0.4, 0.5) is 17.3 Å². The third-order valence-corrected chi connectivity index (χ3v) is 4.35. The summed E-state index contributed by atoms with van der Waals surface area (Å²) in [6.45, 7) is 2.44. The van der Waals surface area contributed by atoms with E-state index in [0.717, 1.165) is 16.0 Å². The van der Waals surface area contributed by atoms with Gasteiger partial charge in [0.05, 0.1) is 37.3 Å². The molecule has 0 saturated heterocycles. The maximum atomic E-state index is 9.00. The Bertz CT molecular complexity index is 912. The molecule has 0 aliphatic heterocycles. The van der Waals surface area contributed by atoms with Crippen LogP contribution in [-0.2, 0) is 6.54 Å². The number of benzene rings is 1. The minimum atomic E-state index is -0.0644. The average Bonchev–Trinajstić information content (AvgIpc) is 3.08. The number of aliphatic hydroxyl groups is 1. The first-order valence-electron chi connectivity index (χ1n) is 8.09. The Morgan fingerprint density at radius 3 is 2.85 bits per heavy atom. The molecule has 3 aromatic rings. The number of nitrogens with zero attached hydrogens (tertiary/aromatic N) is 4. The van der Waals surface area contributed by atoms with Crippen molar-refractivity contribution in [3.63, 3.8) is 0 Å². The number of anilines is 3. The summed E-state index contributed by atoms with van der Waals surface area (Å²) in [6, 6.07) is 5.59. The van der Waals surface area contributed by atoms with Crippen molar-refractivity contribution in [3.05, 3.63) is 42.4 Å². The van der Waals surface area contributed by atoms with Gasteiger partial charge >= 0.3 is 0 Å². The Hall–Kier alpha value is -2.78. The summed E-state index contributed by atoms with van der Waals surface area (Å²) in [6.07, 6.45) is 5.08. The van der Waals surface area contributed by atoms with Crippen LogP contribution in [0.15, 0.2) is 41.7 Å². The highest BCUT2D eigenvalue weighted by Gasteiger charge is 2.13. The van der Waals surface area contributed by atoms with E-state index in [2.05, 4.69) is 33.0 Å². The number of aliphatic hydroxyl groups excluding tert-OH is 1. The summed E-state index contributed by atoms with van der Waals surface area (Å²) in [4.78, 5) is 9.51. The van der Waals surface area contributed by atoms with Crippen molar-refractivity contribution >= 4 is 30.0 Å². The van der Waals surface area contributed by atoms with Gasteiger partial charge in [-0.25, -0.2) is 9.97 Å². The fourth-order valence-electron chi connectivity index (χ4n) is 2.48. The zero-order valence-electron chi connectivity index (χ0n) is 14.3. The SMILES string of the molecule is CC(Nc1nc(-c2cnn(CCO)c2)cnc1N)c1ccc(N)c(S)c1. The lowest BCUT2D eigenvalue weighted by Gasteiger charge is -2.17. The van der Waals surface area contributed by atoms with Crippen LogP contribution in [0.3, 0.4) is 0 Å². The van der Waals surface area contributed by atoms with Gasteiger partial charge in [0.15, 0.2) is 11.6 Å². The van der Waals surface area contributed by atoms with Gasteiger partial charge in [0.2, 0.25) is 0 Å². The molecule has 0 amide bonds. The molecule has 6 N–H and O–H groups in total. The molecule has 9 heteroatoms. The van der Waals surface area contributed by atoms with E-state index in [1.165, 1.54) is 0 Å². The Morgan fingerprint density at radius 2 is 2.12 bits per heavy atom. The van der Waals surface area contributed by atoms with Gasteiger partial charge in [-0.15, -0.1) is 12.6 Å². The predicted molar refractivity (Wildman–Crippen MR) is 105 cm³/mol. The van der Waals surface area contributed by atoms with E-state index < -0.39 is 0 Å². The third kappa shape index (κ3) is 3.89. The minimum Gasteiger partial charge on any atom is -0.398 e. The van der Waals surface area contributed by atoms with Crippen molar-refractivity contribution < 1.29 is 5.11 Å². The molecule has 2 aromatic heterocycles. The molecule has 0 aliphatic rings. The monoisotopic (exact) mass is 371 g/mol. The molecule has 0 bridgehead atoms. The second-order valence-electron chi connectivity index (χ2n) is 5.89. The number of hydrogen-bond acceptors (Lipinski definition) is 8. The Morgan fingerprint density at radius 1 is 1.31 bits per heavy atom. The number of nitrogens with two attached hydrogens (primary N) is 2. The quantitative estimate of drug-likeness (QED) is 0.331. The van der Waals surface area contributed by atoms with Gasteiger partial charge in [-0.2, -0.15) is 5.10 Å². The van der Waals surface area contributed by atoms with Crippen molar-refractivity contribution in [2.24, 2.45) is 0 Å². The van der Waals surface area contributed by atoms with Crippen molar-refractivity contribution in [3.8, 4) is 11.3 Å². The fraction of sp³-hybridized carbons (Fsp3) is 0.235. The van der Waals surface area contributed by atoms with E-state index in [9.17, 15) is 0 Å². The lowest BCUT2D eigenvalue weighted by Crippen LogP contribution is -2.11. The predicted octanol–water partition coefficient (Wildman–Crippen LogP) is 1.96. The molecule has 8 nitrogen and oxygen atoms in total. The van der Waals surface area contributed by atoms with Gasteiger partial charge in [-0.1, -0.05) is 6.07 Å². The molecule has 0 spiro atoms. The van der Waals surface area contributed by atoms with Crippen molar-refractivity contribution in [2.75, 3.05) is 23.4 Å². The largest absolute Gasteiger partial charge is 0.398 e. The van der Waals surface area contributed by atoms with Gasteiger partial charge in [-0.3, -0.25) is 4.68 Å². The van der Waals surface area contributed by atoms with Crippen molar-refractivity contribution in [2.45, 2.75) is 24.4 Å². The zero-order chi connectivity index (χ0) is 18.7. The van der Waals surface area contributed by atoms with Crippen LogP contribution in [0.1, 0.15) is 18.5 Å². The molecule has 1 aromatic carbocycles. The normalized spacial score (nSPS) is 12.1. The molecular formula is C17H21N7OS. The fourth-order valence-corrected chi connectivity index (χ4v) is 2.71. The molecule has 26 heavy (non-hydrogen) atoms. The van der Waals surface area contributed by atoms with Crippen LogP contribution in [0.25, 0.3) is 11.3 Å². The van der Waals surface area contributed by atoms with E-state index in [-0.39, 0.29) is 12.6 Å². The highest BCUT2D eigenvalue weighted by Crippen LogP contribution is 2.27. The minimum absolute atomic E-state index is 0.0214. The molecule has 136 valence electrons. The van der Waals surface area contributed by atoms with Gasteiger partial charge in [-0.05, 0) is 24.6 Å². The first-order chi connectivity index (χ1) is 12.5. The van der Waals surface area contributed by atoms with E-state index >= 15 is 0 Å². The van der Waals surface area contributed by atoms with Crippen LogP contribution in [0.2, 0.25) is 0 Å². The molecule has 0 fully saturated rings. The molecular weight excluding hydrogens is 350 g/mol. The molecule has 0 radical (unpaired) electrons. The molecule has 0 aliphatic carbocycles. The molecule has 2 heterocycles. The van der Waals surface area contributed by atoms with Gasteiger partial charge in [0, 0.05) is 22.3 Å². The topological polar surface area (TPSA) is 128 Å². The third-order valence-electron chi connectivity index (χ3n) is 3.97. The highest BCUT2D eigenvalue weighted by molar-refractivity contribution is 7.80.